The molecule has 94 valence electrons. The molecular weight excluding hydrogens is 216 g/mol. The van der Waals surface area contributed by atoms with Gasteiger partial charge in [0.05, 0.1) is 6.04 Å². The van der Waals surface area contributed by atoms with Gasteiger partial charge in [0.15, 0.2) is 5.17 Å². The summed E-state index contributed by atoms with van der Waals surface area (Å²) in [6, 6.07) is 1.07. The van der Waals surface area contributed by atoms with Crippen molar-refractivity contribution in [3.8, 4) is 0 Å². The van der Waals surface area contributed by atoms with Crippen LogP contribution in [0.2, 0.25) is 0 Å². The highest BCUT2D eigenvalue weighted by atomic mass is 32.2. The fourth-order valence-electron chi connectivity index (χ4n) is 1.85. The molecule has 3 atom stereocenters. The van der Waals surface area contributed by atoms with Crippen LogP contribution in [0.3, 0.4) is 0 Å². The zero-order chi connectivity index (χ0) is 12.1. The molecule has 0 aromatic heterocycles. The Balaban J connectivity index is 2.38. The van der Waals surface area contributed by atoms with E-state index in [2.05, 4.69) is 39.9 Å². The van der Waals surface area contributed by atoms with Crippen LogP contribution in [-0.2, 0) is 0 Å². The third-order valence-electron chi connectivity index (χ3n) is 3.30. The monoisotopic (exact) mass is 242 g/mol. The van der Waals surface area contributed by atoms with Crippen LogP contribution in [0, 0.1) is 11.8 Å². The molecule has 3 heteroatoms. The molecule has 1 rings (SSSR count). The summed E-state index contributed by atoms with van der Waals surface area (Å²) < 4.78 is 0. The molecule has 0 aromatic carbocycles. The van der Waals surface area contributed by atoms with Crippen molar-refractivity contribution in [2.75, 3.05) is 5.75 Å². The predicted molar refractivity (Wildman–Crippen MR) is 75.2 cm³/mol. The van der Waals surface area contributed by atoms with E-state index < -0.39 is 0 Å². The smallest absolute Gasteiger partial charge is 0.157 e. The minimum Gasteiger partial charge on any atom is -0.362 e. The molecule has 0 saturated carbocycles. The number of aliphatic imine (C=N–C) groups is 1. The van der Waals surface area contributed by atoms with Gasteiger partial charge in [-0.1, -0.05) is 45.9 Å². The number of amidine groups is 1. The first-order valence-electron chi connectivity index (χ1n) is 6.50. The Kier molecular flexibility index (Phi) is 5.67. The van der Waals surface area contributed by atoms with Gasteiger partial charge in [-0.15, -0.1) is 0 Å². The van der Waals surface area contributed by atoms with Crippen molar-refractivity contribution in [3.05, 3.63) is 0 Å². The van der Waals surface area contributed by atoms with E-state index in [9.17, 15) is 0 Å². The fourth-order valence-corrected chi connectivity index (χ4v) is 2.90. The summed E-state index contributed by atoms with van der Waals surface area (Å²) in [5, 5.41) is 4.71. The first kappa shape index (κ1) is 13.9. The van der Waals surface area contributed by atoms with E-state index >= 15 is 0 Å². The van der Waals surface area contributed by atoms with Crippen LogP contribution >= 0.6 is 11.8 Å². The standard InChI is InChI=1S/C13H26N2S/c1-6-10(4)11(5)14-13-15-12(8-16-13)7-9(2)3/h9-12H,6-8H2,1-5H3,(H,14,15). The van der Waals surface area contributed by atoms with Crippen LogP contribution in [0.15, 0.2) is 4.99 Å². The van der Waals surface area contributed by atoms with Gasteiger partial charge in [-0.05, 0) is 25.2 Å². The average molecular weight is 242 g/mol. The third-order valence-corrected chi connectivity index (χ3v) is 4.35. The van der Waals surface area contributed by atoms with Gasteiger partial charge < -0.3 is 5.32 Å². The lowest BCUT2D eigenvalue weighted by Crippen LogP contribution is -2.34. The summed E-state index contributed by atoms with van der Waals surface area (Å²) in [5.41, 5.74) is 0. The minimum absolute atomic E-state index is 0.536. The van der Waals surface area contributed by atoms with Crippen LogP contribution in [0.1, 0.15) is 47.5 Å². The van der Waals surface area contributed by atoms with Crippen molar-refractivity contribution in [1.29, 1.82) is 0 Å². The zero-order valence-electron chi connectivity index (χ0n) is 11.3. The van der Waals surface area contributed by atoms with Gasteiger partial charge in [0.2, 0.25) is 0 Å². The van der Waals surface area contributed by atoms with E-state index in [0.29, 0.717) is 18.0 Å². The van der Waals surface area contributed by atoms with Crippen molar-refractivity contribution < 1.29 is 0 Å². The first-order chi connectivity index (χ1) is 7.52. The summed E-state index contributed by atoms with van der Waals surface area (Å²) in [4.78, 5) is 4.75. The maximum atomic E-state index is 4.75. The number of nitrogens with zero attached hydrogens (tertiary/aromatic N) is 1. The molecule has 0 saturated heterocycles. The van der Waals surface area contributed by atoms with Gasteiger partial charge in [0.25, 0.3) is 0 Å². The summed E-state index contributed by atoms with van der Waals surface area (Å²) in [6.45, 7) is 11.3. The van der Waals surface area contributed by atoms with E-state index in [1.54, 1.807) is 0 Å². The average Bonchev–Trinajstić information content (AvgIpc) is 2.63. The van der Waals surface area contributed by atoms with Gasteiger partial charge in [0, 0.05) is 11.8 Å². The van der Waals surface area contributed by atoms with E-state index in [1.807, 2.05) is 11.8 Å². The van der Waals surface area contributed by atoms with E-state index in [1.165, 1.54) is 18.0 Å². The van der Waals surface area contributed by atoms with Crippen LogP contribution in [0.4, 0.5) is 0 Å². The van der Waals surface area contributed by atoms with Crippen molar-refractivity contribution in [2.24, 2.45) is 16.8 Å². The van der Waals surface area contributed by atoms with Gasteiger partial charge in [-0.25, -0.2) is 0 Å². The fraction of sp³-hybridized carbons (Fsp3) is 0.923. The number of hydrogen-bond acceptors (Lipinski definition) is 3. The molecule has 1 aliphatic heterocycles. The zero-order valence-corrected chi connectivity index (χ0v) is 12.1. The van der Waals surface area contributed by atoms with Crippen LogP contribution in [-0.4, -0.2) is 23.0 Å². The molecule has 0 amide bonds. The summed E-state index contributed by atoms with van der Waals surface area (Å²) in [5.74, 6) is 2.63. The Bertz CT molecular complexity index is 238. The number of rotatable bonds is 5. The lowest BCUT2D eigenvalue weighted by Gasteiger charge is -2.20. The lowest BCUT2D eigenvalue weighted by atomic mass is 10.0. The Labute approximate surface area is 105 Å². The third kappa shape index (κ3) is 4.36. The van der Waals surface area contributed by atoms with E-state index in [4.69, 9.17) is 4.99 Å². The largest absolute Gasteiger partial charge is 0.362 e. The van der Waals surface area contributed by atoms with Crippen LogP contribution in [0.5, 0.6) is 0 Å². The summed E-state index contributed by atoms with van der Waals surface area (Å²) in [6.07, 6.45) is 2.44. The van der Waals surface area contributed by atoms with Crippen molar-refractivity contribution >= 4 is 16.9 Å². The van der Waals surface area contributed by atoms with Crippen LogP contribution in [0.25, 0.3) is 0 Å². The van der Waals surface area contributed by atoms with Crippen molar-refractivity contribution in [1.82, 2.24) is 5.32 Å². The highest BCUT2D eigenvalue weighted by molar-refractivity contribution is 8.14. The molecule has 0 aromatic rings. The Morgan fingerprint density at radius 3 is 2.62 bits per heavy atom. The molecule has 2 nitrogen and oxygen atoms in total. The highest BCUT2D eigenvalue weighted by Gasteiger charge is 2.21. The van der Waals surface area contributed by atoms with Gasteiger partial charge in [-0.3, -0.25) is 4.99 Å². The SMILES string of the molecule is CCC(C)C(C)NC1=NC(CC(C)C)CS1. The van der Waals surface area contributed by atoms with Crippen molar-refractivity contribution in [2.45, 2.75) is 59.5 Å². The van der Waals surface area contributed by atoms with Crippen molar-refractivity contribution in [3.63, 3.8) is 0 Å². The molecule has 0 fully saturated rings. The van der Waals surface area contributed by atoms with Gasteiger partial charge in [0.1, 0.15) is 0 Å². The molecule has 3 unspecified atom stereocenters. The maximum Gasteiger partial charge on any atom is 0.157 e. The molecule has 1 N–H and O–H groups in total. The molecule has 1 heterocycles. The Morgan fingerprint density at radius 1 is 1.38 bits per heavy atom. The number of nitrogens with one attached hydrogen (secondary N) is 1. The molecule has 0 radical (unpaired) electrons. The molecule has 0 spiro atoms. The van der Waals surface area contributed by atoms with E-state index in [0.717, 1.165) is 11.7 Å². The second kappa shape index (κ2) is 6.53. The predicted octanol–water partition coefficient (Wildman–Crippen LogP) is 3.53. The second-order valence-corrected chi connectivity index (χ2v) is 6.36. The second-order valence-electron chi connectivity index (χ2n) is 5.35. The molecule has 0 bridgehead atoms. The lowest BCUT2D eigenvalue weighted by molar-refractivity contribution is 0.438. The number of thioether (sulfide) groups is 1. The normalized spacial score (nSPS) is 24.4. The summed E-state index contributed by atoms with van der Waals surface area (Å²) in [7, 11) is 0. The molecule has 0 aliphatic carbocycles. The molecule has 1 aliphatic rings. The van der Waals surface area contributed by atoms with Crippen LogP contribution < -0.4 is 5.32 Å². The Hall–Kier alpha value is -0.180. The van der Waals surface area contributed by atoms with E-state index in [-0.39, 0.29) is 0 Å². The van der Waals surface area contributed by atoms with Gasteiger partial charge in [-0.2, -0.15) is 0 Å². The first-order valence-corrected chi connectivity index (χ1v) is 7.48. The molecule has 16 heavy (non-hydrogen) atoms. The topological polar surface area (TPSA) is 24.4 Å². The maximum absolute atomic E-state index is 4.75. The quantitative estimate of drug-likeness (QED) is 0.797. The summed E-state index contributed by atoms with van der Waals surface area (Å²) >= 11 is 1.89. The minimum atomic E-state index is 0.536. The Morgan fingerprint density at radius 2 is 2.06 bits per heavy atom. The van der Waals surface area contributed by atoms with Gasteiger partial charge >= 0.3 is 0 Å². The highest BCUT2D eigenvalue weighted by Crippen LogP contribution is 2.22. The molecular formula is C13H26N2S. The number of hydrogen-bond donors (Lipinski definition) is 1.